The molecule has 3 rings (SSSR count). The van der Waals surface area contributed by atoms with Crippen LogP contribution in [0.2, 0.25) is 0 Å². The number of nitrogens with one attached hydrogen (secondary N) is 1. The summed E-state index contributed by atoms with van der Waals surface area (Å²) in [4.78, 5) is 38.0. The topological polar surface area (TPSA) is 75.7 Å². The second-order valence-corrected chi connectivity index (χ2v) is 7.42. The first-order valence-corrected chi connectivity index (χ1v) is 9.52. The van der Waals surface area contributed by atoms with E-state index in [1.54, 1.807) is 55.7 Å². The van der Waals surface area contributed by atoms with Gasteiger partial charge in [-0.15, -0.1) is 0 Å². The number of ether oxygens (including phenoxy) is 1. The Morgan fingerprint density at radius 3 is 2.63 bits per heavy atom. The van der Waals surface area contributed by atoms with E-state index in [2.05, 4.69) is 21.2 Å². The van der Waals surface area contributed by atoms with E-state index in [9.17, 15) is 14.4 Å². The van der Waals surface area contributed by atoms with Crippen molar-refractivity contribution in [2.75, 3.05) is 19.0 Å². The van der Waals surface area contributed by atoms with E-state index < -0.39 is 17.1 Å². The van der Waals surface area contributed by atoms with Crippen molar-refractivity contribution >= 4 is 56.5 Å². The first-order chi connectivity index (χ1) is 13.0. The third kappa shape index (κ3) is 4.58. The first-order valence-electron chi connectivity index (χ1n) is 7.92. The van der Waals surface area contributed by atoms with Crippen LogP contribution in [0.3, 0.4) is 0 Å². The lowest BCUT2D eigenvalue weighted by Gasteiger charge is -2.12. The molecule has 1 aliphatic heterocycles. The summed E-state index contributed by atoms with van der Waals surface area (Å²) >= 11 is 4.20. The lowest BCUT2D eigenvalue weighted by atomic mass is 10.2. The third-order valence-corrected chi connectivity index (χ3v) is 5.23. The number of benzene rings is 2. The lowest BCUT2D eigenvalue weighted by Crippen LogP contribution is -2.36. The molecule has 2 aromatic carbocycles. The summed E-state index contributed by atoms with van der Waals surface area (Å²) in [6.45, 7) is -0.330. The van der Waals surface area contributed by atoms with Gasteiger partial charge in [-0.25, -0.2) is 0 Å². The highest BCUT2D eigenvalue weighted by Crippen LogP contribution is 2.33. The van der Waals surface area contributed by atoms with E-state index in [1.165, 1.54) is 0 Å². The molecular weight excluding hydrogens is 432 g/mol. The summed E-state index contributed by atoms with van der Waals surface area (Å²) < 4.78 is 5.91. The second-order valence-electron chi connectivity index (χ2n) is 5.58. The molecule has 0 spiro atoms. The minimum Gasteiger partial charge on any atom is -0.496 e. The highest BCUT2D eigenvalue weighted by atomic mass is 79.9. The maximum atomic E-state index is 12.5. The lowest BCUT2D eigenvalue weighted by molar-refractivity contribution is -0.127. The number of halogens is 1. The van der Waals surface area contributed by atoms with Crippen molar-refractivity contribution in [2.24, 2.45) is 0 Å². The number of methoxy groups -OCH3 is 1. The molecule has 0 bridgehead atoms. The molecule has 0 radical (unpaired) electrons. The zero-order chi connectivity index (χ0) is 19.4. The number of carbonyl (C=O) groups excluding carboxylic acids is 3. The zero-order valence-electron chi connectivity index (χ0n) is 14.3. The van der Waals surface area contributed by atoms with Crippen molar-refractivity contribution in [1.29, 1.82) is 0 Å². The Bertz CT molecular complexity index is 931. The van der Waals surface area contributed by atoms with Gasteiger partial charge < -0.3 is 10.1 Å². The number of rotatable bonds is 5. The smallest absolute Gasteiger partial charge is 0.294 e. The van der Waals surface area contributed by atoms with Crippen LogP contribution >= 0.6 is 27.7 Å². The summed E-state index contributed by atoms with van der Waals surface area (Å²) in [5, 5.41) is 2.19. The zero-order valence-corrected chi connectivity index (χ0v) is 16.7. The van der Waals surface area contributed by atoms with Gasteiger partial charge in [0, 0.05) is 5.69 Å². The Labute approximate surface area is 168 Å². The van der Waals surface area contributed by atoms with Gasteiger partial charge in [0.15, 0.2) is 0 Å². The molecule has 138 valence electrons. The van der Waals surface area contributed by atoms with Gasteiger partial charge in [-0.1, -0.05) is 24.3 Å². The number of hydrogen-bond donors (Lipinski definition) is 1. The van der Waals surface area contributed by atoms with Crippen LogP contribution in [0.5, 0.6) is 5.75 Å². The van der Waals surface area contributed by atoms with E-state index in [0.29, 0.717) is 11.4 Å². The SMILES string of the molecule is COc1ccc(/C=C2/SC(=O)N(CC(=O)Nc3ccccc3)C2=O)cc1Br. The largest absolute Gasteiger partial charge is 0.496 e. The molecule has 1 saturated heterocycles. The highest BCUT2D eigenvalue weighted by Gasteiger charge is 2.36. The predicted octanol–water partition coefficient (Wildman–Crippen LogP) is 4.13. The van der Waals surface area contributed by atoms with Gasteiger partial charge in [0.1, 0.15) is 12.3 Å². The van der Waals surface area contributed by atoms with Gasteiger partial charge >= 0.3 is 0 Å². The molecule has 0 aromatic heterocycles. The van der Waals surface area contributed by atoms with Crippen molar-refractivity contribution in [3.8, 4) is 5.75 Å². The van der Waals surface area contributed by atoms with Crippen LogP contribution < -0.4 is 10.1 Å². The van der Waals surface area contributed by atoms with Crippen LogP contribution in [0.15, 0.2) is 57.9 Å². The maximum absolute atomic E-state index is 12.5. The van der Waals surface area contributed by atoms with E-state index in [1.807, 2.05) is 6.07 Å². The van der Waals surface area contributed by atoms with Crippen LogP contribution in [0.25, 0.3) is 6.08 Å². The summed E-state index contributed by atoms with van der Waals surface area (Å²) in [6.07, 6.45) is 1.62. The molecule has 0 aliphatic carbocycles. The Kier molecular flexibility index (Phi) is 5.98. The second kappa shape index (κ2) is 8.41. The Balaban J connectivity index is 1.71. The van der Waals surface area contributed by atoms with Crippen LogP contribution in [0.4, 0.5) is 10.5 Å². The predicted molar refractivity (Wildman–Crippen MR) is 108 cm³/mol. The summed E-state index contributed by atoms with van der Waals surface area (Å²) in [6, 6.07) is 14.2. The number of anilines is 1. The number of carbonyl (C=O) groups is 3. The summed E-state index contributed by atoms with van der Waals surface area (Å²) in [7, 11) is 1.56. The number of thioether (sulfide) groups is 1. The van der Waals surface area contributed by atoms with Crippen LogP contribution in [-0.4, -0.2) is 35.6 Å². The molecule has 3 amide bonds. The Hall–Kier alpha value is -2.58. The number of amides is 3. The van der Waals surface area contributed by atoms with Crippen LogP contribution in [-0.2, 0) is 9.59 Å². The molecule has 0 atom stereocenters. The molecule has 1 aliphatic rings. The van der Waals surface area contributed by atoms with Gasteiger partial charge in [-0.05, 0) is 63.6 Å². The van der Waals surface area contributed by atoms with E-state index in [0.717, 1.165) is 26.7 Å². The molecular formula is C19H15BrN2O4S. The molecule has 8 heteroatoms. The fraction of sp³-hybridized carbons (Fsp3) is 0.105. The van der Waals surface area contributed by atoms with Gasteiger partial charge in [-0.2, -0.15) is 0 Å². The summed E-state index contributed by atoms with van der Waals surface area (Å²) in [5.74, 6) is -0.255. The van der Waals surface area contributed by atoms with Crippen LogP contribution in [0.1, 0.15) is 5.56 Å². The van der Waals surface area contributed by atoms with Gasteiger partial charge in [-0.3, -0.25) is 19.3 Å². The fourth-order valence-corrected chi connectivity index (χ4v) is 3.82. The average Bonchev–Trinajstić information content (AvgIpc) is 2.90. The molecule has 2 aromatic rings. The quantitative estimate of drug-likeness (QED) is 0.698. The van der Waals surface area contributed by atoms with Crippen LogP contribution in [0, 0.1) is 0 Å². The Morgan fingerprint density at radius 1 is 1.22 bits per heavy atom. The Morgan fingerprint density at radius 2 is 1.96 bits per heavy atom. The molecule has 1 N–H and O–H groups in total. The number of imide groups is 1. The summed E-state index contributed by atoms with van der Waals surface area (Å²) in [5.41, 5.74) is 1.34. The van der Waals surface area contributed by atoms with E-state index in [-0.39, 0.29) is 11.4 Å². The molecule has 1 heterocycles. The average molecular weight is 447 g/mol. The molecule has 6 nitrogen and oxygen atoms in total. The first kappa shape index (κ1) is 19.2. The number of para-hydroxylation sites is 1. The molecule has 0 unspecified atom stereocenters. The van der Waals surface area contributed by atoms with Gasteiger partial charge in [0.2, 0.25) is 5.91 Å². The number of hydrogen-bond acceptors (Lipinski definition) is 5. The van der Waals surface area contributed by atoms with Gasteiger partial charge in [0.05, 0.1) is 16.5 Å². The van der Waals surface area contributed by atoms with Crippen molar-refractivity contribution in [3.63, 3.8) is 0 Å². The van der Waals surface area contributed by atoms with Crippen molar-refractivity contribution in [2.45, 2.75) is 0 Å². The molecule has 27 heavy (non-hydrogen) atoms. The molecule has 1 fully saturated rings. The van der Waals surface area contributed by atoms with Gasteiger partial charge in [0.25, 0.3) is 11.1 Å². The highest BCUT2D eigenvalue weighted by molar-refractivity contribution is 9.10. The monoisotopic (exact) mass is 446 g/mol. The van der Waals surface area contributed by atoms with Crippen molar-refractivity contribution in [3.05, 3.63) is 63.5 Å². The third-order valence-electron chi connectivity index (χ3n) is 3.71. The fourth-order valence-electron chi connectivity index (χ4n) is 2.43. The molecule has 0 saturated carbocycles. The van der Waals surface area contributed by atoms with E-state index in [4.69, 9.17) is 4.74 Å². The van der Waals surface area contributed by atoms with E-state index >= 15 is 0 Å². The maximum Gasteiger partial charge on any atom is 0.294 e. The minimum atomic E-state index is -0.486. The number of nitrogens with zero attached hydrogens (tertiary/aromatic N) is 1. The van der Waals surface area contributed by atoms with Crippen molar-refractivity contribution in [1.82, 2.24) is 4.90 Å². The minimum absolute atomic E-state index is 0.268. The normalized spacial score (nSPS) is 15.3. The van der Waals surface area contributed by atoms with Crippen molar-refractivity contribution < 1.29 is 19.1 Å². The standard InChI is InChI=1S/C19H15BrN2O4S/c1-26-15-8-7-12(9-14(15)20)10-16-18(24)22(19(25)27-16)11-17(23)21-13-5-3-2-4-6-13/h2-10H,11H2,1H3,(H,21,23)/b16-10+.